The van der Waals surface area contributed by atoms with Gasteiger partial charge in [0.2, 0.25) is 0 Å². The van der Waals surface area contributed by atoms with Crippen LogP contribution >= 0.6 is 11.3 Å². The van der Waals surface area contributed by atoms with Gasteiger partial charge >= 0.3 is 0 Å². The SMILES string of the molecule is c1ccc2c(-c3cccc4scnc34)cccc2c1. The maximum atomic E-state index is 4.52. The van der Waals surface area contributed by atoms with Gasteiger partial charge in [-0.05, 0) is 22.4 Å². The highest BCUT2D eigenvalue weighted by atomic mass is 32.1. The van der Waals surface area contributed by atoms with Gasteiger partial charge in [0.15, 0.2) is 0 Å². The van der Waals surface area contributed by atoms with Crippen molar-refractivity contribution in [2.24, 2.45) is 0 Å². The van der Waals surface area contributed by atoms with Gasteiger partial charge in [-0.3, -0.25) is 0 Å². The molecule has 0 aliphatic rings. The molecule has 2 heteroatoms. The number of hydrogen-bond acceptors (Lipinski definition) is 2. The molecule has 19 heavy (non-hydrogen) atoms. The fourth-order valence-electron chi connectivity index (χ4n) is 2.56. The second-order valence-corrected chi connectivity index (χ2v) is 5.42. The summed E-state index contributed by atoms with van der Waals surface area (Å²) in [7, 11) is 0. The van der Waals surface area contributed by atoms with Crippen LogP contribution in [0.1, 0.15) is 0 Å². The molecule has 0 aliphatic carbocycles. The van der Waals surface area contributed by atoms with E-state index in [1.54, 1.807) is 11.3 Å². The van der Waals surface area contributed by atoms with Gasteiger partial charge in [-0.2, -0.15) is 0 Å². The molecule has 0 unspecified atom stereocenters. The largest absolute Gasteiger partial charge is 0.244 e. The van der Waals surface area contributed by atoms with Crippen LogP contribution in [0.15, 0.2) is 66.2 Å². The van der Waals surface area contributed by atoms with Crippen molar-refractivity contribution in [2.75, 3.05) is 0 Å². The van der Waals surface area contributed by atoms with Gasteiger partial charge < -0.3 is 0 Å². The number of para-hydroxylation sites is 1. The maximum absolute atomic E-state index is 4.52. The Labute approximate surface area is 115 Å². The molecule has 1 aromatic heterocycles. The van der Waals surface area contributed by atoms with E-state index in [0.29, 0.717) is 0 Å². The summed E-state index contributed by atoms with van der Waals surface area (Å²) in [6, 6.07) is 21.3. The number of benzene rings is 3. The Hall–Kier alpha value is -2.19. The summed E-state index contributed by atoms with van der Waals surface area (Å²) in [5, 5.41) is 2.55. The molecule has 0 spiro atoms. The number of thiazole rings is 1. The first-order valence-electron chi connectivity index (χ1n) is 6.24. The minimum Gasteiger partial charge on any atom is -0.244 e. The smallest absolute Gasteiger partial charge is 0.0890 e. The van der Waals surface area contributed by atoms with Crippen LogP contribution in [0.25, 0.3) is 32.1 Å². The lowest BCUT2D eigenvalue weighted by atomic mass is 9.98. The monoisotopic (exact) mass is 261 g/mol. The molecule has 0 bridgehead atoms. The van der Waals surface area contributed by atoms with Crippen molar-refractivity contribution < 1.29 is 0 Å². The molecule has 4 aromatic rings. The van der Waals surface area contributed by atoms with E-state index < -0.39 is 0 Å². The maximum Gasteiger partial charge on any atom is 0.0890 e. The first kappa shape index (κ1) is 10.7. The molecule has 0 saturated carbocycles. The minimum atomic E-state index is 1.10. The van der Waals surface area contributed by atoms with E-state index in [1.807, 2.05) is 5.51 Å². The molecule has 0 atom stereocenters. The zero-order valence-electron chi connectivity index (χ0n) is 10.2. The number of aromatic nitrogens is 1. The first-order chi connectivity index (χ1) is 9.43. The van der Waals surface area contributed by atoms with Gasteiger partial charge in [0.25, 0.3) is 0 Å². The molecule has 90 valence electrons. The van der Waals surface area contributed by atoms with Crippen molar-refractivity contribution >= 4 is 32.3 Å². The number of nitrogens with zero attached hydrogens (tertiary/aromatic N) is 1. The summed E-state index contributed by atoms with van der Waals surface area (Å²) in [6.07, 6.45) is 0. The van der Waals surface area contributed by atoms with E-state index in [9.17, 15) is 0 Å². The Morgan fingerprint density at radius 1 is 0.737 bits per heavy atom. The Bertz CT molecular complexity index is 871. The van der Waals surface area contributed by atoms with Crippen molar-refractivity contribution in [2.45, 2.75) is 0 Å². The minimum absolute atomic E-state index is 1.10. The van der Waals surface area contributed by atoms with Crippen molar-refractivity contribution in [1.82, 2.24) is 4.98 Å². The number of hydrogen-bond donors (Lipinski definition) is 0. The number of rotatable bonds is 1. The fraction of sp³-hybridized carbons (Fsp3) is 0. The van der Waals surface area contributed by atoms with E-state index in [1.165, 1.54) is 26.6 Å². The van der Waals surface area contributed by atoms with Gasteiger partial charge in [-0.1, -0.05) is 54.6 Å². The van der Waals surface area contributed by atoms with Crippen molar-refractivity contribution in [3.63, 3.8) is 0 Å². The average molecular weight is 261 g/mol. The summed E-state index contributed by atoms with van der Waals surface area (Å²) in [5.41, 5.74) is 5.49. The Kier molecular flexibility index (Phi) is 2.35. The summed E-state index contributed by atoms with van der Waals surface area (Å²) < 4.78 is 1.24. The molecule has 0 fully saturated rings. The normalized spacial score (nSPS) is 11.2. The topological polar surface area (TPSA) is 12.9 Å². The Balaban J connectivity index is 2.12. The van der Waals surface area contributed by atoms with E-state index in [0.717, 1.165) is 5.52 Å². The Morgan fingerprint density at radius 3 is 2.53 bits per heavy atom. The highest BCUT2D eigenvalue weighted by Crippen LogP contribution is 2.34. The lowest BCUT2D eigenvalue weighted by molar-refractivity contribution is 1.50. The third-order valence-electron chi connectivity index (χ3n) is 3.44. The zero-order valence-corrected chi connectivity index (χ0v) is 11.0. The molecule has 0 N–H and O–H groups in total. The molecular weight excluding hydrogens is 250 g/mol. The summed E-state index contributed by atoms with van der Waals surface area (Å²) in [5.74, 6) is 0. The zero-order chi connectivity index (χ0) is 12.7. The van der Waals surface area contributed by atoms with Gasteiger partial charge in [0.1, 0.15) is 0 Å². The van der Waals surface area contributed by atoms with Gasteiger partial charge in [-0.15, -0.1) is 11.3 Å². The molecule has 3 aromatic carbocycles. The molecule has 4 rings (SSSR count). The van der Waals surface area contributed by atoms with E-state index in [-0.39, 0.29) is 0 Å². The number of fused-ring (bicyclic) bond motifs is 2. The van der Waals surface area contributed by atoms with Crippen LogP contribution in [0.3, 0.4) is 0 Å². The molecule has 1 nitrogen and oxygen atoms in total. The second kappa shape index (κ2) is 4.18. The van der Waals surface area contributed by atoms with Crippen LogP contribution in [0.5, 0.6) is 0 Å². The van der Waals surface area contributed by atoms with Crippen molar-refractivity contribution in [3.8, 4) is 11.1 Å². The van der Waals surface area contributed by atoms with E-state index in [2.05, 4.69) is 65.6 Å². The predicted octanol–water partition coefficient (Wildman–Crippen LogP) is 5.12. The summed E-state index contributed by atoms with van der Waals surface area (Å²) in [4.78, 5) is 4.52. The van der Waals surface area contributed by atoms with Crippen LogP contribution in [-0.2, 0) is 0 Å². The fourth-order valence-corrected chi connectivity index (χ4v) is 3.27. The van der Waals surface area contributed by atoms with Gasteiger partial charge in [0.05, 0.1) is 15.7 Å². The van der Waals surface area contributed by atoms with Crippen LogP contribution in [0.4, 0.5) is 0 Å². The average Bonchev–Trinajstić information content (AvgIpc) is 2.95. The second-order valence-electron chi connectivity index (χ2n) is 4.53. The molecule has 0 aliphatic heterocycles. The Morgan fingerprint density at radius 2 is 1.53 bits per heavy atom. The third kappa shape index (κ3) is 1.65. The van der Waals surface area contributed by atoms with Crippen molar-refractivity contribution in [1.29, 1.82) is 0 Å². The molecule has 0 radical (unpaired) electrons. The van der Waals surface area contributed by atoms with Gasteiger partial charge in [-0.25, -0.2) is 4.98 Å². The summed E-state index contributed by atoms with van der Waals surface area (Å²) >= 11 is 1.69. The lowest BCUT2D eigenvalue weighted by Gasteiger charge is -2.07. The van der Waals surface area contributed by atoms with E-state index in [4.69, 9.17) is 0 Å². The molecule has 0 saturated heterocycles. The van der Waals surface area contributed by atoms with E-state index >= 15 is 0 Å². The highest BCUT2D eigenvalue weighted by molar-refractivity contribution is 7.16. The standard InChI is InChI=1S/C17H11NS/c1-2-7-13-12(5-1)6-3-8-14(13)15-9-4-10-16-17(15)18-11-19-16/h1-11H. The molecule has 1 heterocycles. The molecule has 0 amide bonds. The summed E-state index contributed by atoms with van der Waals surface area (Å²) in [6.45, 7) is 0. The highest BCUT2D eigenvalue weighted by Gasteiger charge is 2.08. The van der Waals surface area contributed by atoms with Crippen LogP contribution < -0.4 is 0 Å². The van der Waals surface area contributed by atoms with Crippen LogP contribution in [0, 0.1) is 0 Å². The molecular formula is C17H11NS. The van der Waals surface area contributed by atoms with Crippen LogP contribution in [0.2, 0.25) is 0 Å². The van der Waals surface area contributed by atoms with Crippen molar-refractivity contribution in [3.05, 3.63) is 66.2 Å². The quantitative estimate of drug-likeness (QED) is 0.463. The lowest BCUT2D eigenvalue weighted by Crippen LogP contribution is -1.82. The van der Waals surface area contributed by atoms with Crippen LogP contribution in [-0.4, -0.2) is 4.98 Å². The third-order valence-corrected chi connectivity index (χ3v) is 4.23. The van der Waals surface area contributed by atoms with Gasteiger partial charge in [0, 0.05) is 5.56 Å². The predicted molar refractivity (Wildman–Crippen MR) is 82.6 cm³/mol. The first-order valence-corrected chi connectivity index (χ1v) is 7.12.